The lowest BCUT2D eigenvalue weighted by atomic mass is 10.3. The Labute approximate surface area is 58.1 Å². The Kier molecular flexibility index (Phi) is 1.98. The third kappa shape index (κ3) is 2.30. The molecule has 1 N–H and O–H groups in total. The molecule has 0 aromatic carbocycles. The molecule has 0 bridgehead atoms. The number of hydrogen-bond donors (Lipinski definition) is 1. The van der Waals surface area contributed by atoms with Crippen molar-refractivity contribution in [2.75, 3.05) is 33.4 Å². The van der Waals surface area contributed by atoms with Gasteiger partial charge < -0.3 is 14.8 Å². The molecule has 54 valence electrons. The first-order valence-electron chi connectivity index (χ1n) is 4.04. The van der Waals surface area contributed by atoms with Crippen LogP contribution >= 0.6 is 0 Å². The first-order chi connectivity index (χ1) is 5.17. The van der Waals surface area contributed by atoms with E-state index in [1.807, 2.05) is 0 Å². The van der Waals surface area contributed by atoms with Crippen LogP contribution in [-0.2, 0) is 9.47 Å². The minimum Gasteiger partial charge on any atom is -0.382 e. The van der Waals surface area contributed by atoms with Gasteiger partial charge in [0.2, 0.25) is 0 Å². The van der Waals surface area contributed by atoms with E-state index in [0.717, 1.165) is 6.54 Å². The van der Waals surface area contributed by atoms with E-state index in [-0.39, 0.29) is 0 Å². The predicted molar refractivity (Wildman–Crippen MR) is 34.5 cm³/mol. The van der Waals surface area contributed by atoms with Crippen LogP contribution in [0.15, 0.2) is 0 Å². The van der Waals surface area contributed by atoms with E-state index in [4.69, 9.17) is 7.48 Å². The first kappa shape index (κ1) is 4.66. The maximum absolute atomic E-state index is 7.35. The van der Waals surface area contributed by atoms with Crippen LogP contribution in [0.25, 0.3) is 0 Å². The summed E-state index contributed by atoms with van der Waals surface area (Å²) in [4.78, 5) is 0. The van der Waals surface area contributed by atoms with Crippen molar-refractivity contribution in [1.82, 2.24) is 5.32 Å². The molecule has 1 atom stereocenters. The highest BCUT2D eigenvalue weighted by molar-refractivity contribution is 4.65. The summed E-state index contributed by atoms with van der Waals surface area (Å²) in [6.45, 7) is 0.179. The Morgan fingerprint density at radius 2 is 2.89 bits per heavy atom. The lowest BCUT2D eigenvalue weighted by molar-refractivity contribution is -0.0188. The summed E-state index contributed by atoms with van der Waals surface area (Å²) in [5.74, 6) is 0. The third-order valence-electron chi connectivity index (χ3n) is 1.18. The minimum atomic E-state index is -1.67. The molecule has 0 aromatic rings. The molecule has 0 unspecified atom stereocenters. The highest BCUT2D eigenvalue weighted by Crippen LogP contribution is 1.94. The lowest BCUT2D eigenvalue weighted by Crippen LogP contribution is -2.40. The highest BCUT2D eigenvalue weighted by Gasteiger charge is 2.11. The Hall–Kier alpha value is -0.120. The molecule has 1 aliphatic heterocycles. The molecule has 0 amide bonds. The number of hydrogen-bond acceptors (Lipinski definition) is 3. The predicted octanol–water partition coefficient (Wildman–Crippen LogP) is -0.379. The maximum atomic E-state index is 7.35. The Bertz CT molecular complexity index is 126. The molecule has 1 heterocycles. The number of methoxy groups -OCH3 is 1. The molecule has 1 fully saturated rings. The van der Waals surface area contributed by atoms with Crippen molar-refractivity contribution < 1.29 is 12.2 Å². The van der Waals surface area contributed by atoms with Crippen molar-refractivity contribution in [2.24, 2.45) is 0 Å². The van der Waals surface area contributed by atoms with E-state index in [1.165, 1.54) is 7.11 Å². The Morgan fingerprint density at radius 1 is 2.00 bits per heavy atom. The fourth-order valence-electron chi connectivity index (χ4n) is 0.773. The smallest absolute Gasteiger partial charge is 0.0932 e. The van der Waals surface area contributed by atoms with E-state index >= 15 is 0 Å². The highest BCUT2D eigenvalue weighted by atomic mass is 16.5. The lowest BCUT2D eigenvalue weighted by Gasteiger charge is -2.22. The number of rotatable bonds is 2. The van der Waals surface area contributed by atoms with Crippen LogP contribution in [-0.4, -0.2) is 39.5 Å². The van der Waals surface area contributed by atoms with Gasteiger partial charge >= 0.3 is 0 Å². The van der Waals surface area contributed by atoms with Crippen LogP contribution in [0.5, 0.6) is 0 Å². The van der Waals surface area contributed by atoms with Crippen molar-refractivity contribution in [2.45, 2.75) is 6.10 Å². The van der Waals surface area contributed by atoms with Gasteiger partial charge in [-0.25, -0.2) is 0 Å². The normalized spacial score (nSPS) is 33.2. The van der Waals surface area contributed by atoms with Crippen LogP contribution in [0.3, 0.4) is 0 Å². The minimum absolute atomic E-state index is 0.485. The number of morpholine rings is 1. The van der Waals surface area contributed by atoms with Crippen LogP contribution in [0.4, 0.5) is 0 Å². The third-order valence-corrected chi connectivity index (χ3v) is 1.18. The molecule has 9 heavy (non-hydrogen) atoms. The molecule has 3 nitrogen and oxygen atoms in total. The summed E-state index contributed by atoms with van der Waals surface area (Å²) in [6, 6.07) is 0. The Balaban J connectivity index is 2.43. The fourth-order valence-corrected chi connectivity index (χ4v) is 0.773. The molecule has 1 saturated heterocycles. The molecule has 1 aliphatic rings. The average Bonchev–Trinajstić information content (AvgIpc) is 2.06. The monoisotopic (exact) mass is 133 g/mol. The summed E-state index contributed by atoms with van der Waals surface area (Å²) in [6.07, 6.45) is -0.485. The quantitative estimate of drug-likeness (QED) is 0.557. The summed E-state index contributed by atoms with van der Waals surface area (Å²) in [5, 5.41) is 3.03. The zero-order valence-corrected chi connectivity index (χ0v) is 5.52. The number of nitrogens with one attached hydrogen (secondary N) is 1. The summed E-state index contributed by atoms with van der Waals surface area (Å²) >= 11 is 0. The van der Waals surface area contributed by atoms with Gasteiger partial charge in [0.25, 0.3) is 0 Å². The summed E-state index contributed by atoms with van der Waals surface area (Å²) < 4.78 is 24.5. The molecule has 1 rings (SSSR count). The van der Waals surface area contributed by atoms with E-state index in [9.17, 15) is 0 Å². The zero-order valence-electron chi connectivity index (χ0n) is 7.52. The topological polar surface area (TPSA) is 30.5 Å². The van der Waals surface area contributed by atoms with Crippen LogP contribution in [0.1, 0.15) is 2.74 Å². The SMILES string of the molecule is [2H]C([2H])(OC)[C@@H]1CNCCO1. The summed E-state index contributed by atoms with van der Waals surface area (Å²) in [5.41, 5.74) is 0. The van der Waals surface area contributed by atoms with Crippen molar-refractivity contribution in [3.8, 4) is 0 Å². The van der Waals surface area contributed by atoms with Crippen LogP contribution < -0.4 is 5.32 Å². The van der Waals surface area contributed by atoms with Crippen molar-refractivity contribution in [3.63, 3.8) is 0 Å². The van der Waals surface area contributed by atoms with E-state index < -0.39 is 12.7 Å². The van der Waals surface area contributed by atoms with Gasteiger partial charge in [-0.3, -0.25) is 0 Å². The second-order valence-corrected chi connectivity index (χ2v) is 1.89. The zero-order chi connectivity index (χ0) is 8.32. The van der Waals surface area contributed by atoms with Crippen LogP contribution in [0.2, 0.25) is 0 Å². The molecular formula is C6H13NO2. The van der Waals surface area contributed by atoms with E-state index in [0.29, 0.717) is 13.2 Å². The standard InChI is InChI=1S/C6H13NO2/c1-8-5-6-4-7-2-3-9-6/h6-7H,2-5H2,1H3/t6-/m0/s1/i5D2. The van der Waals surface area contributed by atoms with Gasteiger partial charge in [-0.15, -0.1) is 0 Å². The molecule has 0 saturated carbocycles. The van der Waals surface area contributed by atoms with Gasteiger partial charge in [0.05, 0.1) is 22.0 Å². The largest absolute Gasteiger partial charge is 0.382 e. The molecule has 0 spiro atoms. The number of ether oxygens (including phenoxy) is 2. The van der Waals surface area contributed by atoms with Gasteiger partial charge in [-0.2, -0.15) is 0 Å². The van der Waals surface area contributed by atoms with Gasteiger partial charge in [-0.1, -0.05) is 0 Å². The van der Waals surface area contributed by atoms with Gasteiger partial charge in [0, 0.05) is 20.2 Å². The average molecular weight is 133 g/mol. The van der Waals surface area contributed by atoms with E-state index in [2.05, 4.69) is 10.1 Å². The van der Waals surface area contributed by atoms with Gasteiger partial charge in [0.1, 0.15) is 0 Å². The van der Waals surface area contributed by atoms with E-state index in [1.54, 1.807) is 0 Å². The second kappa shape index (κ2) is 3.82. The molecule has 0 aliphatic carbocycles. The molecular weight excluding hydrogens is 118 g/mol. The fraction of sp³-hybridized carbons (Fsp3) is 1.00. The van der Waals surface area contributed by atoms with Crippen molar-refractivity contribution in [1.29, 1.82) is 0 Å². The summed E-state index contributed by atoms with van der Waals surface area (Å²) in [7, 11) is 1.35. The molecule has 3 heteroatoms. The van der Waals surface area contributed by atoms with Gasteiger partial charge in [-0.05, 0) is 0 Å². The van der Waals surface area contributed by atoms with Crippen LogP contribution in [0, 0.1) is 0 Å². The maximum Gasteiger partial charge on any atom is 0.0932 e. The Morgan fingerprint density at radius 3 is 3.44 bits per heavy atom. The molecule has 0 aromatic heterocycles. The van der Waals surface area contributed by atoms with Gasteiger partial charge in [0.15, 0.2) is 0 Å². The van der Waals surface area contributed by atoms with Crippen molar-refractivity contribution in [3.05, 3.63) is 0 Å². The first-order valence-corrected chi connectivity index (χ1v) is 3.04. The second-order valence-electron chi connectivity index (χ2n) is 1.89. The molecule has 0 radical (unpaired) electrons. The van der Waals surface area contributed by atoms with Crippen molar-refractivity contribution >= 4 is 0 Å².